The SMILES string of the molecule is CCCCCCCCc1c[nH]c2cc(C(=O)O)ccc12. The lowest BCUT2D eigenvalue weighted by atomic mass is 10.0. The third-order valence-electron chi connectivity index (χ3n) is 3.81. The zero-order valence-electron chi connectivity index (χ0n) is 12.1. The number of carboxylic acid groups (broad SMARTS) is 1. The lowest BCUT2D eigenvalue weighted by molar-refractivity contribution is 0.0697. The lowest BCUT2D eigenvalue weighted by Crippen LogP contribution is -1.95. The third-order valence-corrected chi connectivity index (χ3v) is 3.81. The summed E-state index contributed by atoms with van der Waals surface area (Å²) in [5.74, 6) is -0.876. The van der Waals surface area contributed by atoms with Crippen LogP contribution in [0.25, 0.3) is 10.9 Å². The van der Waals surface area contributed by atoms with Crippen LogP contribution in [0.5, 0.6) is 0 Å². The first-order chi connectivity index (χ1) is 9.72. The van der Waals surface area contributed by atoms with Crippen LogP contribution in [0, 0.1) is 0 Å². The van der Waals surface area contributed by atoms with E-state index in [0.717, 1.165) is 17.3 Å². The first kappa shape index (κ1) is 14.6. The third kappa shape index (κ3) is 3.62. The van der Waals surface area contributed by atoms with Crippen molar-refractivity contribution in [3.8, 4) is 0 Å². The molecule has 2 rings (SSSR count). The predicted molar refractivity (Wildman–Crippen MR) is 82.3 cm³/mol. The van der Waals surface area contributed by atoms with E-state index in [1.165, 1.54) is 44.1 Å². The number of aromatic nitrogens is 1. The number of aromatic carboxylic acids is 1. The first-order valence-electron chi connectivity index (χ1n) is 7.55. The molecule has 0 unspecified atom stereocenters. The second kappa shape index (κ2) is 7.13. The molecule has 1 aromatic carbocycles. The molecule has 2 aromatic rings. The Bertz CT molecular complexity index is 571. The van der Waals surface area contributed by atoms with Gasteiger partial charge in [-0.05, 0) is 30.5 Å². The van der Waals surface area contributed by atoms with Crippen molar-refractivity contribution in [1.29, 1.82) is 0 Å². The van der Waals surface area contributed by atoms with Gasteiger partial charge in [0.1, 0.15) is 0 Å². The number of nitrogens with one attached hydrogen (secondary N) is 1. The van der Waals surface area contributed by atoms with Gasteiger partial charge in [-0.1, -0.05) is 45.1 Å². The van der Waals surface area contributed by atoms with Crippen LogP contribution in [0.4, 0.5) is 0 Å². The Morgan fingerprint density at radius 3 is 2.65 bits per heavy atom. The molecule has 0 saturated carbocycles. The second-order valence-electron chi connectivity index (χ2n) is 5.40. The molecule has 0 aliphatic carbocycles. The number of hydrogen-bond acceptors (Lipinski definition) is 1. The molecule has 1 aromatic heterocycles. The van der Waals surface area contributed by atoms with E-state index in [0.29, 0.717) is 5.56 Å². The molecule has 0 radical (unpaired) electrons. The minimum Gasteiger partial charge on any atom is -0.478 e. The van der Waals surface area contributed by atoms with Gasteiger partial charge in [-0.3, -0.25) is 0 Å². The average molecular weight is 273 g/mol. The van der Waals surface area contributed by atoms with E-state index in [1.54, 1.807) is 12.1 Å². The number of fused-ring (bicyclic) bond motifs is 1. The van der Waals surface area contributed by atoms with Gasteiger partial charge in [0.15, 0.2) is 0 Å². The fourth-order valence-electron chi connectivity index (χ4n) is 2.62. The topological polar surface area (TPSA) is 53.1 Å². The highest BCUT2D eigenvalue weighted by atomic mass is 16.4. The molecule has 3 nitrogen and oxygen atoms in total. The zero-order chi connectivity index (χ0) is 14.4. The van der Waals surface area contributed by atoms with Crippen LogP contribution >= 0.6 is 0 Å². The number of H-pyrrole nitrogens is 1. The summed E-state index contributed by atoms with van der Waals surface area (Å²) in [6.07, 6.45) is 10.9. The van der Waals surface area contributed by atoms with Gasteiger partial charge in [0.25, 0.3) is 0 Å². The normalized spacial score (nSPS) is 11.1. The van der Waals surface area contributed by atoms with Crippen LogP contribution in [-0.4, -0.2) is 16.1 Å². The van der Waals surface area contributed by atoms with Crippen molar-refractivity contribution in [3.05, 3.63) is 35.5 Å². The Labute approximate surface area is 120 Å². The zero-order valence-corrected chi connectivity index (χ0v) is 12.1. The van der Waals surface area contributed by atoms with E-state index in [2.05, 4.69) is 11.9 Å². The molecule has 20 heavy (non-hydrogen) atoms. The van der Waals surface area contributed by atoms with Gasteiger partial charge in [-0.2, -0.15) is 0 Å². The largest absolute Gasteiger partial charge is 0.478 e. The maximum absolute atomic E-state index is 10.9. The fraction of sp³-hybridized carbons (Fsp3) is 0.471. The maximum Gasteiger partial charge on any atom is 0.335 e. The Balaban J connectivity index is 1.92. The van der Waals surface area contributed by atoms with Crippen molar-refractivity contribution >= 4 is 16.9 Å². The number of aryl methyl sites for hydroxylation is 1. The molecular formula is C17H23NO2. The van der Waals surface area contributed by atoms with Crippen LogP contribution in [-0.2, 0) is 6.42 Å². The molecule has 0 spiro atoms. The second-order valence-corrected chi connectivity index (χ2v) is 5.40. The summed E-state index contributed by atoms with van der Waals surface area (Å²) in [4.78, 5) is 14.1. The van der Waals surface area contributed by atoms with Crippen LogP contribution in [0.3, 0.4) is 0 Å². The smallest absolute Gasteiger partial charge is 0.335 e. The number of aromatic amines is 1. The van der Waals surface area contributed by atoms with Crippen LogP contribution in [0.1, 0.15) is 61.4 Å². The molecular weight excluding hydrogens is 250 g/mol. The van der Waals surface area contributed by atoms with Gasteiger partial charge in [0.05, 0.1) is 5.56 Å². The van der Waals surface area contributed by atoms with Gasteiger partial charge in [-0.25, -0.2) is 4.79 Å². The average Bonchev–Trinajstić information content (AvgIpc) is 2.85. The van der Waals surface area contributed by atoms with Crippen molar-refractivity contribution < 1.29 is 9.90 Å². The number of carboxylic acids is 1. The molecule has 1 heterocycles. The van der Waals surface area contributed by atoms with E-state index < -0.39 is 5.97 Å². The molecule has 2 N–H and O–H groups in total. The van der Waals surface area contributed by atoms with Gasteiger partial charge in [-0.15, -0.1) is 0 Å². The van der Waals surface area contributed by atoms with Crippen molar-refractivity contribution in [2.45, 2.75) is 51.9 Å². The fourth-order valence-corrected chi connectivity index (χ4v) is 2.62. The van der Waals surface area contributed by atoms with Crippen LogP contribution < -0.4 is 0 Å². The van der Waals surface area contributed by atoms with E-state index in [9.17, 15) is 4.79 Å². The number of benzene rings is 1. The summed E-state index contributed by atoms with van der Waals surface area (Å²) < 4.78 is 0. The quantitative estimate of drug-likeness (QED) is 0.681. The van der Waals surface area contributed by atoms with Crippen LogP contribution in [0.2, 0.25) is 0 Å². The van der Waals surface area contributed by atoms with E-state index >= 15 is 0 Å². The van der Waals surface area contributed by atoms with Crippen molar-refractivity contribution in [3.63, 3.8) is 0 Å². The summed E-state index contributed by atoms with van der Waals surface area (Å²) in [6.45, 7) is 2.23. The molecule has 0 fully saturated rings. The minimum absolute atomic E-state index is 0.338. The Morgan fingerprint density at radius 2 is 1.90 bits per heavy atom. The monoisotopic (exact) mass is 273 g/mol. The highest BCUT2D eigenvalue weighted by Crippen LogP contribution is 2.22. The number of unbranched alkanes of at least 4 members (excludes halogenated alkanes) is 5. The molecule has 0 saturated heterocycles. The Hall–Kier alpha value is -1.77. The van der Waals surface area contributed by atoms with Crippen molar-refractivity contribution in [2.24, 2.45) is 0 Å². The minimum atomic E-state index is -0.876. The summed E-state index contributed by atoms with van der Waals surface area (Å²) in [7, 11) is 0. The number of rotatable bonds is 8. The Morgan fingerprint density at radius 1 is 1.15 bits per heavy atom. The summed E-state index contributed by atoms with van der Waals surface area (Å²) in [6, 6.07) is 5.31. The predicted octanol–water partition coefficient (Wildman–Crippen LogP) is 4.77. The summed E-state index contributed by atoms with van der Waals surface area (Å²) in [5.41, 5.74) is 2.56. The molecule has 0 bridgehead atoms. The molecule has 0 atom stereocenters. The van der Waals surface area contributed by atoms with E-state index in [-0.39, 0.29) is 0 Å². The van der Waals surface area contributed by atoms with Gasteiger partial charge in [0.2, 0.25) is 0 Å². The highest BCUT2D eigenvalue weighted by molar-refractivity contribution is 5.94. The standard InChI is InChI=1S/C17H23NO2/c1-2-3-4-5-6-7-8-14-12-18-16-11-13(17(19)20)9-10-15(14)16/h9-12,18H,2-8H2,1H3,(H,19,20). The van der Waals surface area contributed by atoms with Crippen LogP contribution in [0.15, 0.2) is 24.4 Å². The molecule has 3 heteroatoms. The molecule has 0 aliphatic rings. The Kier molecular flexibility index (Phi) is 5.22. The highest BCUT2D eigenvalue weighted by Gasteiger charge is 2.07. The lowest BCUT2D eigenvalue weighted by Gasteiger charge is -2.01. The van der Waals surface area contributed by atoms with Crippen molar-refractivity contribution in [1.82, 2.24) is 4.98 Å². The van der Waals surface area contributed by atoms with E-state index in [1.807, 2.05) is 12.3 Å². The first-order valence-corrected chi connectivity index (χ1v) is 7.55. The molecule has 0 amide bonds. The van der Waals surface area contributed by atoms with Gasteiger partial charge in [0, 0.05) is 17.1 Å². The van der Waals surface area contributed by atoms with Gasteiger partial charge >= 0.3 is 5.97 Å². The van der Waals surface area contributed by atoms with Gasteiger partial charge < -0.3 is 10.1 Å². The van der Waals surface area contributed by atoms with E-state index in [4.69, 9.17) is 5.11 Å². The molecule has 0 aliphatic heterocycles. The summed E-state index contributed by atoms with van der Waals surface area (Å²) >= 11 is 0. The van der Waals surface area contributed by atoms with Crippen molar-refractivity contribution in [2.75, 3.05) is 0 Å². The molecule has 108 valence electrons. The maximum atomic E-state index is 10.9. The summed E-state index contributed by atoms with van der Waals surface area (Å²) in [5, 5.41) is 10.1. The number of carbonyl (C=O) groups is 1. The number of hydrogen-bond donors (Lipinski definition) is 2.